The smallest absolute Gasteiger partial charge is 0.164 e. The van der Waals surface area contributed by atoms with E-state index in [1.165, 1.54) is 44.5 Å². The zero-order valence-corrected chi connectivity index (χ0v) is 28.4. The lowest BCUT2D eigenvalue weighted by molar-refractivity contribution is 0.663. The summed E-state index contributed by atoms with van der Waals surface area (Å²) in [7, 11) is 0. The highest BCUT2D eigenvalue weighted by molar-refractivity contribution is 6.14. The summed E-state index contributed by atoms with van der Waals surface area (Å²) in [5.41, 5.74) is 15.0. The first-order valence-electron chi connectivity index (χ1n) is 17.5. The van der Waals surface area contributed by atoms with Gasteiger partial charge in [0.05, 0.1) is 0 Å². The molecule has 4 nitrogen and oxygen atoms in total. The van der Waals surface area contributed by atoms with Crippen LogP contribution in [0.4, 0.5) is 0 Å². The normalized spacial score (nSPS) is 14.8. The highest BCUT2D eigenvalue weighted by atomic mass is 16.3. The second-order valence-electron chi connectivity index (χ2n) is 14.0. The van der Waals surface area contributed by atoms with Crippen molar-refractivity contribution in [2.24, 2.45) is 0 Å². The minimum absolute atomic E-state index is 0.229. The maximum Gasteiger partial charge on any atom is 0.164 e. The van der Waals surface area contributed by atoms with E-state index < -0.39 is 0 Å². The molecule has 2 aliphatic carbocycles. The molecule has 8 aromatic rings. The lowest BCUT2D eigenvalue weighted by atomic mass is 9.79. The number of furan rings is 1. The first-order valence-corrected chi connectivity index (χ1v) is 17.5. The molecule has 2 aromatic heterocycles. The summed E-state index contributed by atoms with van der Waals surface area (Å²) in [6.45, 7) is 4.73. The summed E-state index contributed by atoms with van der Waals surface area (Å²) in [6.07, 6.45) is 0.913. The van der Waals surface area contributed by atoms with Crippen LogP contribution in [0.1, 0.15) is 42.5 Å². The number of hydrogen-bond donors (Lipinski definition) is 0. The van der Waals surface area contributed by atoms with Gasteiger partial charge in [0, 0.05) is 32.9 Å². The van der Waals surface area contributed by atoms with Crippen LogP contribution in [-0.2, 0) is 5.41 Å². The van der Waals surface area contributed by atoms with Gasteiger partial charge in [0.15, 0.2) is 17.5 Å². The fourth-order valence-corrected chi connectivity index (χ4v) is 8.18. The second-order valence-corrected chi connectivity index (χ2v) is 14.0. The summed E-state index contributed by atoms with van der Waals surface area (Å²) < 4.78 is 6.26. The third kappa shape index (κ3) is 4.71. The molecule has 2 aliphatic rings. The average molecular weight is 656 g/mol. The number of allylic oxidation sites excluding steroid dienone is 4. The molecule has 0 amide bonds. The Hall–Kier alpha value is -6.39. The Kier molecular flexibility index (Phi) is 6.56. The predicted octanol–water partition coefficient (Wildman–Crippen LogP) is 11.8. The highest BCUT2D eigenvalue weighted by Gasteiger charge is 2.44. The van der Waals surface area contributed by atoms with Gasteiger partial charge in [-0.25, -0.2) is 15.0 Å². The van der Waals surface area contributed by atoms with Crippen LogP contribution in [0.2, 0.25) is 0 Å². The molecule has 0 fully saturated rings. The quantitative estimate of drug-likeness (QED) is 0.185. The molecule has 0 aliphatic heterocycles. The van der Waals surface area contributed by atoms with E-state index in [0.717, 1.165) is 45.0 Å². The number of fused-ring (bicyclic) bond motifs is 6. The lowest BCUT2D eigenvalue weighted by Crippen LogP contribution is -2.16. The first-order chi connectivity index (χ1) is 25.0. The summed E-state index contributed by atoms with van der Waals surface area (Å²) in [5.74, 6) is 1.90. The molecule has 2 heterocycles. The minimum atomic E-state index is -0.229. The molecule has 0 saturated heterocycles. The molecule has 0 atom stereocenters. The minimum Gasteiger partial charge on any atom is -0.456 e. The molecule has 242 valence electrons. The van der Waals surface area contributed by atoms with E-state index in [9.17, 15) is 0 Å². The van der Waals surface area contributed by atoms with Gasteiger partial charge in [-0.05, 0) is 75.2 Å². The van der Waals surface area contributed by atoms with Crippen LogP contribution in [0.15, 0.2) is 162 Å². The molecule has 10 rings (SSSR count). The standard InChI is InChI=1S/C47H33N3O/c1-47(2)39-26-32(23-25-36(39)42-37(29-14-6-3-7-15-29)28-38(43(42)47)30-16-8-4-9-17-30)45-48-44(31-18-10-5-11-19-31)49-46(50-45)33-22-24-35-34-20-12-13-21-40(34)51-41(35)27-33/h3-27H,28H2,1-2H3. The van der Waals surface area contributed by atoms with Crippen LogP contribution in [0.25, 0.3) is 72.8 Å². The van der Waals surface area contributed by atoms with Crippen molar-refractivity contribution in [2.75, 3.05) is 0 Å². The van der Waals surface area contributed by atoms with Gasteiger partial charge in [0.25, 0.3) is 0 Å². The van der Waals surface area contributed by atoms with Gasteiger partial charge in [-0.1, -0.05) is 141 Å². The summed E-state index contributed by atoms with van der Waals surface area (Å²) in [6, 6.07) is 53.1. The van der Waals surface area contributed by atoms with Crippen LogP contribution in [0.5, 0.6) is 0 Å². The van der Waals surface area contributed by atoms with E-state index in [1.54, 1.807) is 0 Å². The Morgan fingerprint density at radius 2 is 1.00 bits per heavy atom. The maximum atomic E-state index is 6.26. The molecule has 0 N–H and O–H groups in total. The van der Waals surface area contributed by atoms with E-state index in [0.29, 0.717) is 17.5 Å². The SMILES string of the molecule is CC1(C)C2=C(c3ccccc3)CC(c3ccccc3)=C2c2ccc(-c3nc(-c4ccccc4)nc(-c4ccc5c(c4)oc4ccccc45)n3)cc21. The van der Waals surface area contributed by atoms with Crippen molar-refractivity contribution in [3.8, 4) is 34.2 Å². The molecular formula is C47H33N3O. The Bertz CT molecular complexity index is 2720. The molecule has 51 heavy (non-hydrogen) atoms. The number of para-hydroxylation sites is 1. The number of hydrogen-bond acceptors (Lipinski definition) is 4. The third-order valence-electron chi connectivity index (χ3n) is 10.6. The Balaban J connectivity index is 1.15. The van der Waals surface area contributed by atoms with E-state index in [1.807, 2.05) is 54.6 Å². The fourth-order valence-electron chi connectivity index (χ4n) is 8.18. The fraction of sp³-hybridized carbons (Fsp3) is 0.0851. The van der Waals surface area contributed by atoms with Gasteiger partial charge >= 0.3 is 0 Å². The molecule has 4 heteroatoms. The van der Waals surface area contributed by atoms with Crippen molar-refractivity contribution < 1.29 is 4.42 Å². The monoisotopic (exact) mass is 655 g/mol. The van der Waals surface area contributed by atoms with Crippen LogP contribution < -0.4 is 0 Å². The Labute approximate surface area is 296 Å². The van der Waals surface area contributed by atoms with Crippen molar-refractivity contribution in [1.82, 2.24) is 15.0 Å². The molecule has 0 saturated carbocycles. The largest absolute Gasteiger partial charge is 0.456 e. The molecule has 0 radical (unpaired) electrons. The Morgan fingerprint density at radius 3 is 1.69 bits per heavy atom. The van der Waals surface area contributed by atoms with Crippen molar-refractivity contribution in [1.29, 1.82) is 0 Å². The van der Waals surface area contributed by atoms with Crippen LogP contribution in [0, 0.1) is 0 Å². The summed E-state index contributed by atoms with van der Waals surface area (Å²) >= 11 is 0. The molecule has 6 aromatic carbocycles. The molecule has 0 unspecified atom stereocenters. The summed E-state index contributed by atoms with van der Waals surface area (Å²) in [4.78, 5) is 15.3. The zero-order chi connectivity index (χ0) is 34.1. The van der Waals surface area contributed by atoms with Crippen molar-refractivity contribution >= 4 is 38.7 Å². The lowest BCUT2D eigenvalue weighted by Gasteiger charge is -2.24. The van der Waals surface area contributed by atoms with Crippen molar-refractivity contribution in [2.45, 2.75) is 25.7 Å². The second kappa shape index (κ2) is 11.3. The van der Waals surface area contributed by atoms with Gasteiger partial charge < -0.3 is 4.42 Å². The number of benzene rings is 6. The molecular weight excluding hydrogens is 623 g/mol. The van der Waals surface area contributed by atoms with Crippen molar-refractivity contribution in [3.63, 3.8) is 0 Å². The highest BCUT2D eigenvalue weighted by Crippen LogP contribution is 2.60. The van der Waals surface area contributed by atoms with Gasteiger partial charge in [-0.3, -0.25) is 0 Å². The van der Waals surface area contributed by atoms with Crippen molar-refractivity contribution in [3.05, 3.63) is 179 Å². The van der Waals surface area contributed by atoms with Crippen LogP contribution in [-0.4, -0.2) is 15.0 Å². The Morgan fingerprint density at radius 1 is 0.471 bits per heavy atom. The molecule has 0 bridgehead atoms. The predicted molar refractivity (Wildman–Crippen MR) is 208 cm³/mol. The van der Waals surface area contributed by atoms with Gasteiger partial charge in [0.2, 0.25) is 0 Å². The maximum absolute atomic E-state index is 6.26. The first kappa shape index (κ1) is 29.5. The van der Waals surface area contributed by atoms with Gasteiger partial charge in [0.1, 0.15) is 11.2 Å². The van der Waals surface area contributed by atoms with Crippen LogP contribution >= 0.6 is 0 Å². The number of nitrogens with zero attached hydrogens (tertiary/aromatic N) is 3. The average Bonchev–Trinajstić information content (AvgIpc) is 3.84. The van der Waals surface area contributed by atoms with Crippen LogP contribution in [0.3, 0.4) is 0 Å². The molecule has 0 spiro atoms. The number of rotatable bonds is 5. The number of aromatic nitrogens is 3. The zero-order valence-electron chi connectivity index (χ0n) is 28.4. The van der Waals surface area contributed by atoms with E-state index in [4.69, 9.17) is 19.4 Å². The third-order valence-corrected chi connectivity index (χ3v) is 10.6. The van der Waals surface area contributed by atoms with E-state index >= 15 is 0 Å². The van der Waals surface area contributed by atoms with E-state index in [-0.39, 0.29) is 5.41 Å². The van der Waals surface area contributed by atoms with E-state index in [2.05, 4.69) is 111 Å². The summed E-state index contributed by atoms with van der Waals surface area (Å²) in [5, 5.41) is 2.17. The topological polar surface area (TPSA) is 51.8 Å². The van der Waals surface area contributed by atoms with Gasteiger partial charge in [-0.15, -0.1) is 0 Å². The van der Waals surface area contributed by atoms with Gasteiger partial charge in [-0.2, -0.15) is 0 Å².